The molecule has 1 heterocycles. The lowest BCUT2D eigenvalue weighted by Crippen LogP contribution is -2.37. The molecule has 2 atom stereocenters. The van der Waals surface area contributed by atoms with Crippen molar-refractivity contribution in [2.45, 2.75) is 25.4 Å². The Labute approximate surface area is 153 Å². The molecule has 1 aromatic carbocycles. The van der Waals surface area contributed by atoms with Gasteiger partial charge in [-0.05, 0) is 36.1 Å². The Bertz CT molecular complexity index is 777. The van der Waals surface area contributed by atoms with Crippen molar-refractivity contribution in [3.05, 3.63) is 59.9 Å². The number of allylic oxidation sites excluding steroid dienone is 2. The molecule has 26 heavy (non-hydrogen) atoms. The second kappa shape index (κ2) is 7.38. The second-order valence-corrected chi connectivity index (χ2v) is 6.56. The highest BCUT2D eigenvalue weighted by Gasteiger charge is 2.38. The van der Waals surface area contributed by atoms with Gasteiger partial charge >= 0.3 is 0 Å². The Kier molecular flexibility index (Phi) is 5.18. The first kappa shape index (κ1) is 18.3. The van der Waals surface area contributed by atoms with E-state index in [9.17, 15) is 4.79 Å². The fourth-order valence-corrected chi connectivity index (χ4v) is 3.48. The molecule has 0 aromatic heterocycles. The Morgan fingerprint density at radius 1 is 1.31 bits per heavy atom. The molecule has 0 N–H and O–H groups in total. The van der Waals surface area contributed by atoms with Crippen molar-refractivity contribution in [2.24, 2.45) is 5.92 Å². The zero-order valence-corrected chi connectivity index (χ0v) is 15.4. The van der Waals surface area contributed by atoms with Crippen LogP contribution in [0.1, 0.15) is 18.9 Å². The molecule has 0 bridgehead atoms. The summed E-state index contributed by atoms with van der Waals surface area (Å²) in [7, 11) is 3.16. The smallest absolute Gasteiger partial charge is 0.231 e. The third-order valence-corrected chi connectivity index (χ3v) is 4.89. The number of benzene rings is 1. The number of carbonyl (C=O) groups is 1. The van der Waals surface area contributed by atoms with Crippen LogP contribution in [-0.4, -0.2) is 32.4 Å². The third kappa shape index (κ3) is 3.27. The number of ketones is 1. The summed E-state index contributed by atoms with van der Waals surface area (Å²) in [5, 5.41) is 0. The van der Waals surface area contributed by atoms with Gasteiger partial charge in [-0.1, -0.05) is 19.1 Å². The average Bonchev–Trinajstić information content (AvgIpc) is 3.10. The van der Waals surface area contributed by atoms with Crippen LogP contribution in [0.15, 0.2) is 54.3 Å². The van der Waals surface area contributed by atoms with Crippen molar-refractivity contribution >= 4 is 5.78 Å². The van der Waals surface area contributed by atoms with E-state index in [2.05, 4.69) is 6.58 Å². The first-order valence-corrected chi connectivity index (χ1v) is 8.61. The zero-order chi connectivity index (χ0) is 18.7. The van der Waals surface area contributed by atoms with Gasteiger partial charge in [-0.15, -0.1) is 6.58 Å². The number of ether oxygens (including phenoxy) is 4. The Balaban J connectivity index is 1.86. The highest BCUT2D eigenvalue weighted by molar-refractivity contribution is 6.06. The maximum absolute atomic E-state index is 12.6. The quantitative estimate of drug-likeness (QED) is 0.699. The molecule has 0 amide bonds. The van der Waals surface area contributed by atoms with Crippen molar-refractivity contribution < 1.29 is 23.7 Å². The minimum absolute atomic E-state index is 0.0110. The summed E-state index contributed by atoms with van der Waals surface area (Å²) in [5.41, 5.74) is 1.01. The molecule has 0 saturated carbocycles. The van der Waals surface area contributed by atoms with E-state index in [1.165, 1.54) is 6.08 Å². The van der Waals surface area contributed by atoms with Crippen LogP contribution in [0.5, 0.6) is 11.5 Å². The summed E-state index contributed by atoms with van der Waals surface area (Å²) in [6, 6.07) is 5.87. The molecule has 0 unspecified atom stereocenters. The molecule has 1 aromatic rings. The summed E-state index contributed by atoms with van der Waals surface area (Å²) in [5.74, 6) is 1.97. The van der Waals surface area contributed by atoms with Crippen LogP contribution in [0.4, 0.5) is 0 Å². The number of carbonyl (C=O) groups excluding carboxylic acids is 1. The van der Waals surface area contributed by atoms with Crippen LogP contribution in [0.2, 0.25) is 0 Å². The van der Waals surface area contributed by atoms with Gasteiger partial charge in [0.2, 0.25) is 6.79 Å². The van der Waals surface area contributed by atoms with Gasteiger partial charge in [0, 0.05) is 25.2 Å². The maximum Gasteiger partial charge on any atom is 0.231 e. The first-order valence-electron chi connectivity index (χ1n) is 8.61. The predicted molar refractivity (Wildman–Crippen MR) is 98.2 cm³/mol. The maximum atomic E-state index is 12.6. The third-order valence-electron chi connectivity index (χ3n) is 4.89. The lowest BCUT2D eigenvalue weighted by Gasteiger charge is -2.34. The molecule has 2 aliphatic rings. The van der Waals surface area contributed by atoms with Gasteiger partial charge < -0.3 is 18.9 Å². The SMILES string of the molecule is C=CC[C@@]1(OC)C=C([C@H](C)Cc2ccc3c(c2)OCO3)C(=O)C=C1OC. The van der Waals surface area contributed by atoms with E-state index in [-0.39, 0.29) is 18.5 Å². The summed E-state index contributed by atoms with van der Waals surface area (Å²) in [4.78, 5) is 12.6. The Hall–Kier alpha value is -2.53. The van der Waals surface area contributed by atoms with Crippen molar-refractivity contribution in [1.82, 2.24) is 0 Å². The van der Waals surface area contributed by atoms with Crippen molar-refractivity contribution in [3.8, 4) is 11.5 Å². The van der Waals surface area contributed by atoms with E-state index in [0.29, 0.717) is 24.2 Å². The molecule has 0 fully saturated rings. The van der Waals surface area contributed by atoms with Gasteiger partial charge in [0.15, 0.2) is 17.3 Å². The summed E-state index contributed by atoms with van der Waals surface area (Å²) in [6.07, 6.45) is 6.41. The van der Waals surface area contributed by atoms with Crippen LogP contribution >= 0.6 is 0 Å². The Morgan fingerprint density at radius 2 is 2.08 bits per heavy atom. The average molecular weight is 356 g/mol. The van der Waals surface area contributed by atoms with Gasteiger partial charge in [-0.2, -0.15) is 0 Å². The molecule has 5 heteroatoms. The van der Waals surface area contributed by atoms with Crippen LogP contribution in [0, 0.1) is 5.92 Å². The highest BCUT2D eigenvalue weighted by atomic mass is 16.7. The summed E-state index contributed by atoms with van der Waals surface area (Å²) < 4.78 is 21.9. The topological polar surface area (TPSA) is 54.0 Å². The summed E-state index contributed by atoms with van der Waals surface area (Å²) in [6.45, 7) is 6.09. The van der Waals surface area contributed by atoms with E-state index < -0.39 is 5.60 Å². The second-order valence-electron chi connectivity index (χ2n) is 6.56. The van der Waals surface area contributed by atoms with Gasteiger partial charge in [-0.3, -0.25) is 4.79 Å². The van der Waals surface area contributed by atoms with E-state index in [1.54, 1.807) is 20.3 Å². The molecule has 0 saturated heterocycles. The van der Waals surface area contributed by atoms with Gasteiger partial charge in [0.1, 0.15) is 11.4 Å². The van der Waals surface area contributed by atoms with E-state index >= 15 is 0 Å². The monoisotopic (exact) mass is 356 g/mol. The molecule has 3 rings (SSSR count). The fraction of sp³-hybridized carbons (Fsp3) is 0.381. The van der Waals surface area contributed by atoms with Gasteiger partial charge in [-0.25, -0.2) is 0 Å². The molecule has 1 aliphatic heterocycles. The lowest BCUT2D eigenvalue weighted by molar-refractivity contribution is -0.112. The van der Waals surface area contributed by atoms with E-state index in [0.717, 1.165) is 17.1 Å². The molecule has 0 radical (unpaired) electrons. The Morgan fingerprint density at radius 3 is 2.77 bits per heavy atom. The molecular weight excluding hydrogens is 332 g/mol. The van der Waals surface area contributed by atoms with E-state index in [1.807, 2.05) is 31.2 Å². The van der Waals surface area contributed by atoms with Crippen molar-refractivity contribution in [2.75, 3.05) is 21.0 Å². The highest BCUT2D eigenvalue weighted by Crippen LogP contribution is 2.37. The lowest BCUT2D eigenvalue weighted by atomic mass is 9.81. The van der Waals surface area contributed by atoms with Crippen LogP contribution in [-0.2, 0) is 20.7 Å². The standard InChI is InChI=1S/C21H24O5/c1-5-8-21(24-4)12-16(17(22)11-20(21)23-3)14(2)9-15-6-7-18-19(10-15)26-13-25-18/h5-7,10-12,14H,1,8-9,13H2,2-4H3/t14-,21-/m1/s1. The number of fused-ring (bicyclic) bond motifs is 1. The van der Waals surface area contributed by atoms with E-state index in [4.69, 9.17) is 18.9 Å². The predicted octanol–water partition coefficient (Wildman–Crippen LogP) is 3.59. The number of methoxy groups -OCH3 is 2. The zero-order valence-electron chi connectivity index (χ0n) is 15.4. The first-order chi connectivity index (χ1) is 12.5. The molecular formula is C21H24O5. The fourth-order valence-electron chi connectivity index (χ4n) is 3.48. The van der Waals surface area contributed by atoms with Gasteiger partial charge in [0.25, 0.3) is 0 Å². The van der Waals surface area contributed by atoms with Crippen molar-refractivity contribution in [1.29, 1.82) is 0 Å². The minimum atomic E-state index is -0.789. The summed E-state index contributed by atoms with van der Waals surface area (Å²) >= 11 is 0. The van der Waals surface area contributed by atoms with Crippen molar-refractivity contribution in [3.63, 3.8) is 0 Å². The number of hydrogen-bond donors (Lipinski definition) is 0. The molecule has 5 nitrogen and oxygen atoms in total. The molecule has 138 valence electrons. The number of hydrogen-bond acceptors (Lipinski definition) is 5. The van der Waals surface area contributed by atoms with Crippen LogP contribution in [0.3, 0.4) is 0 Å². The van der Waals surface area contributed by atoms with Crippen LogP contribution in [0.25, 0.3) is 0 Å². The normalized spacial score (nSPS) is 22.5. The van der Waals surface area contributed by atoms with Gasteiger partial charge in [0.05, 0.1) is 7.11 Å². The minimum Gasteiger partial charge on any atom is -0.498 e. The number of rotatable bonds is 7. The molecule has 1 aliphatic carbocycles. The molecule has 0 spiro atoms. The van der Waals surface area contributed by atoms with Crippen LogP contribution < -0.4 is 9.47 Å². The largest absolute Gasteiger partial charge is 0.498 e.